The molecule has 2 aromatic carbocycles. The molecule has 0 spiro atoms. The minimum absolute atomic E-state index is 0.0383. The summed E-state index contributed by atoms with van der Waals surface area (Å²) >= 11 is 5.76. The first kappa shape index (κ1) is 19.1. The van der Waals surface area contributed by atoms with Gasteiger partial charge in [-0.3, -0.25) is 9.59 Å². The zero-order chi connectivity index (χ0) is 18.6. The number of Topliss-reactive ketones (excluding diaryl/α,β-unsaturated/α-hetero) is 1. The van der Waals surface area contributed by atoms with Gasteiger partial charge in [0.15, 0.2) is 5.78 Å². The molecule has 0 aliphatic carbocycles. The summed E-state index contributed by atoms with van der Waals surface area (Å²) in [5, 5.41) is 2.99. The van der Waals surface area contributed by atoms with Gasteiger partial charge in [0.25, 0.3) is 0 Å². The van der Waals surface area contributed by atoms with Crippen molar-refractivity contribution in [2.24, 2.45) is 0 Å². The summed E-state index contributed by atoms with van der Waals surface area (Å²) in [7, 11) is -2.52. The van der Waals surface area contributed by atoms with Crippen LogP contribution < -0.4 is 5.32 Å². The Morgan fingerprint density at radius 3 is 2.28 bits per heavy atom. The summed E-state index contributed by atoms with van der Waals surface area (Å²) in [6, 6.07) is 12.2. The molecule has 2 rings (SSSR count). The Hall–Kier alpha value is -2.22. The van der Waals surface area contributed by atoms with Crippen LogP contribution in [0.3, 0.4) is 0 Å². The van der Waals surface area contributed by atoms with Crippen LogP contribution in [0.1, 0.15) is 17.3 Å². The van der Waals surface area contributed by atoms with Crippen LogP contribution in [-0.4, -0.2) is 38.0 Å². The lowest BCUT2D eigenvalue weighted by atomic mass is 10.1. The molecule has 25 heavy (non-hydrogen) atoms. The number of benzene rings is 2. The Bertz CT molecular complexity index is 895. The van der Waals surface area contributed by atoms with Gasteiger partial charge in [0.05, 0.1) is 17.1 Å². The minimum atomic E-state index is -3.82. The van der Waals surface area contributed by atoms with E-state index in [0.717, 1.165) is 4.31 Å². The summed E-state index contributed by atoms with van der Waals surface area (Å²) in [4.78, 5) is 23.8. The normalized spacial score (nSPS) is 11.4. The molecule has 132 valence electrons. The molecule has 1 amide bonds. The van der Waals surface area contributed by atoms with Gasteiger partial charge in [-0.1, -0.05) is 23.7 Å². The molecule has 0 saturated heterocycles. The zero-order valence-electron chi connectivity index (χ0n) is 13.7. The largest absolute Gasteiger partial charge is 0.324 e. The van der Waals surface area contributed by atoms with Crippen LogP contribution in [0, 0.1) is 0 Å². The van der Waals surface area contributed by atoms with Crippen LogP contribution in [0.25, 0.3) is 0 Å². The van der Waals surface area contributed by atoms with E-state index in [1.807, 2.05) is 0 Å². The van der Waals surface area contributed by atoms with Gasteiger partial charge in [-0.2, -0.15) is 4.31 Å². The van der Waals surface area contributed by atoms with E-state index in [1.165, 1.54) is 38.2 Å². The predicted octanol–water partition coefficient (Wildman–Crippen LogP) is 2.80. The molecule has 8 heteroatoms. The number of anilines is 1. The number of likely N-dealkylation sites (N-methyl/N-ethyl adjacent to an activating group) is 1. The Labute approximate surface area is 151 Å². The Morgan fingerprint density at radius 2 is 1.68 bits per heavy atom. The number of rotatable bonds is 6. The van der Waals surface area contributed by atoms with E-state index in [-0.39, 0.29) is 10.7 Å². The summed E-state index contributed by atoms with van der Waals surface area (Å²) in [6.07, 6.45) is 0. The maximum absolute atomic E-state index is 12.5. The summed E-state index contributed by atoms with van der Waals surface area (Å²) < 4.78 is 25.8. The number of para-hydroxylation sites is 1. The molecule has 1 N–H and O–H groups in total. The lowest BCUT2D eigenvalue weighted by Crippen LogP contribution is -2.35. The first-order chi connectivity index (χ1) is 11.7. The highest BCUT2D eigenvalue weighted by Gasteiger charge is 2.23. The van der Waals surface area contributed by atoms with Crippen LogP contribution in [-0.2, 0) is 14.8 Å². The standard InChI is InChI=1S/C17H17ClN2O4S/c1-12(21)15-5-3-4-6-16(15)19-17(22)11-20(2)25(23,24)14-9-7-13(18)8-10-14/h3-10H,11H2,1-2H3,(H,19,22). The van der Waals surface area contributed by atoms with Crippen LogP contribution in [0.4, 0.5) is 5.69 Å². The average molecular weight is 381 g/mol. The van der Waals surface area contributed by atoms with E-state index in [2.05, 4.69) is 5.32 Å². The molecule has 0 saturated carbocycles. The van der Waals surface area contributed by atoms with E-state index in [1.54, 1.807) is 24.3 Å². The fourth-order valence-electron chi connectivity index (χ4n) is 2.16. The van der Waals surface area contributed by atoms with Gasteiger partial charge < -0.3 is 5.32 Å². The predicted molar refractivity (Wildman–Crippen MR) is 96.3 cm³/mol. The molecule has 0 bridgehead atoms. The molecule has 0 aliphatic rings. The molecule has 0 atom stereocenters. The van der Waals surface area contributed by atoms with Crippen molar-refractivity contribution in [2.75, 3.05) is 18.9 Å². The van der Waals surface area contributed by atoms with Gasteiger partial charge in [0, 0.05) is 17.6 Å². The number of halogens is 1. The molecule has 0 fully saturated rings. The third-order valence-electron chi connectivity index (χ3n) is 3.47. The molecule has 0 radical (unpaired) electrons. The molecular formula is C17H17ClN2O4S. The second-order valence-corrected chi connectivity index (χ2v) is 7.85. The van der Waals surface area contributed by atoms with E-state index < -0.39 is 22.5 Å². The van der Waals surface area contributed by atoms with Crippen molar-refractivity contribution in [1.82, 2.24) is 4.31 Å². The Morgan fingerprint density at radius 1 is 1.08 bits per heavy atom. The topological polar surface area (TPSA) is 83.6 Å². The van der Waals surface area contributed by atoms with E-state index in [0.29, 0.717) is 16.3 Å². The average Bonchev–Trinajstić information content (AvgIpc) is 2.55. The number of hydrogen-bond donors (Lipinski definition) is 1. The number of hydrogen-bond acceptors (Lipinski definition) is 4. The van der Waals surface area contributed by atoms with Crippen molar-refractivity contribution in [3.8, 4) is 0 Å². The summed E-state index contributed by atoms with van der Waals surface area (Å²) in [6.45, 7) is 0.999. The number of sulfonamides is 1. The molecule has 0 aromatic heterocycles. The molecule has 2 aromatic rings. The highest BCUT2D eigenvalue weighted by atomic mass is 35.5. The third kappa shape index (κ3) is 4.66. The van der Waals surface area contributed by atoms with Crippen molar-refractivity contribution in [2.45, 2.75) is 11.8 Å². The molecule has 6 nitrogen and oxygen atoms in total. The number of ketones is 1. The smallest absolute Gasteiger partial charge is 0.243 e. The monoisotopic (exact) mass is 380 g/mol. The van der Waals surface area contributed by atoms with Gasteiger partial charge >= 0.3 is 0 Å². The second-order valence-electron chi connectivity index (χ2n) is 5.36. The Balaban J connectivity index is 2.12. The first-order valence-corrected chi connectivity index (χ1v) is 9.15. The van der Waals surface area contributed by atoms with Crippen molar-refractivity contribution in [1.29, 1.82) is 0 Å². The van der Waals surface area contributed by atoms with Crippen molar-refractivity contribution in [3.63, 3.8) is 0 Å². The second kappa shape index (κ2) is 7.77. The van der Waals surface area contributed by atoms with Crippen molar-refractivity contribution >= 4 is 39.0 Å². The fourth-order valence-corrected chi connectivity index (χ4v) is 3.42. The quantitative estimate of drug-likeness (QED) is 0.781. The number of amides is 1. The van der Waals surface area contributed by atoms with Gasteiger partial charge in [-0.05, 0) is 43.3 Å². The molecular weight excluding hydrogens is 364 g/mol. The van der Waals surface area contributed by atoms with Crippen molar-refractivity contribution < 1.29 is 18.0 Å². The molecule has 0 unspecified atom stereocenters. The lowest BCUT2D eigenvalue weighted by Gasteiger charge is -2.17. The molecule has 0 heterocycles. The summed E-state index contributed by atoms with van der Waals surface area (Å²) in [5.41, 5.74) is 0.705. The van der Waals surface area contributed by atoms with Crippen LogP contribution >= 0.6 is 11.6 Å². The van der Waals surface area contributed by atoms with Gasteiger partial charge in [-0.25, -0.2) is 8.42 Å². The van der Waals surface area contributed by atoms with Crippen LogP contribution in [0.5, 0.6) is 0 Å². The van der Waals surface area contributed by atoms with Crippen LogP contribution in [0.2, 0.25) is 5.02 Å². The highest BCUT2D eigenvalue weighted by Crippen LogP contribution is 2.18. The van der Waals surface area contributed by atoms with Crippen LogP contribution in [0.15, 0.2) is 53.4 Å². The SMILES string of the molecule is CC(=O)c1ccccc1NC(=O)CN(C)S(=O)(=O)c1ccc(Cl)cc1. The minimum Gasteiger partial charge on any atom is -0.324 e. The maximum Gasteiger partial charge on any atom is 0.243 e. The van der Waals surface area contributed by atoms with Gasteiger partial charge in [0.2, 0.25) is 15.9 Å². The van der Waals surface area contributed by atoms with Gasteiger partial charge in [0.1, 0.15) is 0 Å². The molecule has 0 aliphatic heterocycles. The number of carbonyl (C=O) groups excluding carboxylic acids is 2. The number of nitrogens with one attached hydrogen (secondary N) is 1. The van der Waals surface area contributed by atoms with E-state index >= 15 is 0 Å². The highest BCUT2D eigenvalue weighted by molar-refractivity contribution is 7.89. The number of nitrogens with zero attached hydrogens (tertiary/aromatic N) is 1. The number of carbonyl (C=O) groups is 2. The summed E-state index contributed by atoms with van der Waals surface area (Å²) in [5.74, 6) is -0.744. The maximum atomic E-state index is 12.5. The third-order valence-corrected chi connectivity index (χ3v) is 5.54. The Kier molecular flexibility index (Phi) is 5.94. The lowest BCUT2D eigenvalue weighted by molar-refractivity contribution is -0.116. The first-order valence-electron chi connectivity index (χ1n) is 7.33. The van der Waals surface area contributed by atoms with E-state index in [4.69, 9.17) is 11.6 Å². The van der Waals surface area contributed by atoms with Gasteiger partial charge in [-0.15, -0.1) is 0 Å². The zero-order valence-corrected chi connectivity index (χ0v) is 15.3. The van der Waals surface area contributed by atoms with Crippen molar-refractivity contribution in [3.05, 3.63) is 59.1 Å². The fraction of sp³-hybridized carbons (Fsp3) is 0.176. The van der Waals surface area contributed by atoms with E-state index in [9.17, 15) is 18.0 Å².